The van der Waals surface area contributed by atoms with E-state index in [0.29, 0.717) is 5.92 Å². The van der Waals surface area contributed by atoms with Gasteiger partial charge < -0.3 is 15.2 Å². The van der Waals surface area contributed by atoms with Gasteiger partial charge in [-0.15, -0.1) is 0 Å². The molecule has 0 spiro atoms. The number of ether oxygens (including phenoxy) is 2. The molecule has 14 heavy (non-hydrogen) atoms. The van der Waals surface area contributed by atoms with Gasteiger partial charge in [-0.2, -0.15) is 0 Å². The number of benzene rings is 1. The third-order valence-corrected chi connectivity index (χ3v) is 3.01. The number of nitrogen functional groups attached to an aromatic ring is 1. The van der Waals surface area contributed by atoms with Crippen LogP contribution in [0.15, 0.2) is 18.2 Å². The molecule has 3 nitrogen and oxygen atoms in total. The molecule has 0 aliphatic carbocycles. The van der Waals surface area contributed by atoms with E-state index < -0.39 is 5.79 Å². The second-order valence-corrected chi connectivity index (χ2v) is 4.25. The van der Waals surface area contributed by atoms with Crippen molar-refractivity contribution in [2.45, 2.75) is 25.0 Å². The van der Waals surface area contributed by atoms with E-state index in [4.69, 9.17) is 15.2 Å². The number of fused-ring (bicyclic) bond motifs is 4. The summed E-state index contributed by atoms with van der Waals surface area (Å²) in [5, 5.41) is 0. The Morgan fingerprint density at radius 2 is 2.36 bits per heavy atom. The molecule has 74 valence electrons. The Morgan fingerprint density at radius 1 is 1.50 bits per heavy atom. The van der Waals surface area contributed by atoms with Crippen LogP contribution in [0.5, 0.6) is 5.75 Å². The highest BCUT2D eigenvalue weighted by molar-refractivity contribution is 5.51. The average Bonchev–Trinajstić information content (AvgIpc) is 2.46. The molecular weight excluding hydrogens is 178 g/mol. The van der Waals surface area contributed by atoms with Crippen LogP contribution in [0.4, 0.5) is 5.69 Å². The van der Waals surface area contributed by atoms with Gasteiger partial charge >= 0.3 is 0 Å². The first-order valence-corrected chi connectivity index (χ1v) is 4.89. The molecule has 2 N–H and O–H groups in total. The maximum absolute atomic E-state index is 5.79. The third kappa shape index (κ3) is 1.02. The van der Waals surface area contributed by atoms with E-state index in [2.05, 4.69) is 0 Å². The van der Waals surface area contributed by atoms with Crippen LogP contribution in [0.25, 0.3) is 0 Å². The highest BCUT2D eigenvalue weighted by atomic mass is 16.7. The zero-order valence-electron chi connectivity index (χ0n) is 8.12. The fraction of sp³-hybridized carbons (Fsp3) is 0.455. The molecule has 3 heteroatoms. The third-order valence-electron chi connectivity index (χ3n) is 3.01. The summed E-state index contributed by atoms with van der Waals surface area (Å²) in [7, 11) is 0. The van der Waals surface area contributed by atoms with Crippen LogP contribution in [0.3, 0.4) is 0 Å². The molecule has 2 aliphatic rings. The van der Waals surface area contributed by atoms with Gasteiger partial charge in [0.1, 0.15) is 5.75 Å². The molecule has 0 unspecified atom stereocenters. The molecular formula is C11H13NO2. The van der Waals surface area contributed by atoms with Crippen LogP contribution in [-0.4, -0.2) is 12.4 Å². The van der Waals surface area contributed by atoms with Crippen molar-refractivity contribution in [3.05, 3.63) is 23.8 Å². The summed E-state index contributed by atoms with van der Waals surface area (Å²) in [5.41, 5.74) is 7.74. The Morgan fingerprint density at radius 3 is 3.21 bits per heavy atom. The number of hydrogen-bond acceptors (Lipinski definition) is 3. The van der Waals surface area contributed by atoms with Crippen LogP contribution < -0.4 is 10.5 Å². The van der Waals surface area contributed by atoms with E-state index >= 15 is 0 Å². The lowest BCUT2D eigenvalue weighted by Gasteiger charge is -2.30. The fourth-order valence-corrected chi connectivity index (χ4v) is 2.32. The van der Waals surface area contributed by atoms with Crippen molar-refractivity contribution >= 4 is 5.69 Å². The second kappa shape index (κ2) is 2.42. The first-order valence-electron chi connectivity index (χ1n) is 4.89. The summed E-state index contributed by atoms with van der Waals surface area (Å²) >= 11 is 0. The molecule has 2 heterocycles. The normalized spacial score (nSPS) is 33.6. The lowest BCUT2D eigenvalue weighted by Crippen LogP contribution is -2.33. The number of rotatable bonds is 0. The van der Waals surface area contributed by atoms with Gasteiger partial charge in [0, 0.05) is 30.5 Å². The lowest BCUT2D eigenvalue weighted by molar-refractivity contribution is -0.134. The van der Waals surface area contributed by atoms with Crippen molar-refractivity contribution in [3.63, 3.8) is 0 Å². The van der Waals surface area contributed by atoms with E-state index in [1.165, 1.54) is 5.56 Å². The molecule has 2 aliphatic heterocycles. The second-order valence-electron chi connectivity index (χ2n) is 4.25. The smallest absolute Gasteiger partial charge is 0.208 e. The van der Waals surface area contributed by atoms with Crippen LogP contribution in [0.2, 0.25) is 0 Å². The quantitative estimate of drug-likeness (QED) is 0.637. The van der Waals surface area contributed by atoms with Crippen LogP contribution >= 0.6 is 0 Å². The first kappa shape index (κ1) is 8.12. The van der Waals surface area contributed by atoms with Crippen molar-refractivity contribution in [3.8, 4) is 5.75 Å². The Balaban J connectivity index is 2.12. The molecule has 0 saturated carbocycles. The zero-order chi connectivity index (χ0) is 9.76. The Hall–Kier alpha value is -1.22. The molecule has 1 aromatic rings. The maximum atomic E-state index is 5.79. The summed E-state index contributed by atoms with van der Waals surface area (Å²) in [6.07, 6.45) is 0.934. The molecule has 0 radical (unpaired) electrons. The molecule has 2 bridgehead atoms. The van der Waals surface area contributed by atoms with Gasteiger partial charge in [0.05, 0.1) is 6.61 Å². The van der Waals surface area contributed by atoms with Gasteiger partial charge in [0.25, 0.3) is 0 Å². The van der Waals surface area contributed by atoms with E-state index in [9.17, 15) is 0 Å². The molecule has 0 amide bonds. The van der Waals surface area contributed by atoms with Gasteiger partial charge in [0.2, 0.25) is 5.79 Å². The van der Waals surface area contributed by atoms with Crippen molar-refractivity contribution in [1.29, 1.82) is 0 Å². The number of nitrogens with two attached hydrogens (primary N) is 1. The Labute approximate surface area is 82.8 Å². The highest BCUT2D eigenvalue weighted by Gasteiger charge is 2.44. The van der Waals surface area contributed by atoms with Crippen molar-refractivity contribution in [2.24, 2.45) is 0 Å². The Bertz CT molecular complexity index is 391. The predicted octanol–water partition coefficient (Wildman–Crippen LogP) is 1.88. The fourth-order valence-electron chi connectivity index (χ4n) is 2.32. The monoisotopic (exact) mass is 191 g/mol. The van der Waals surface area contributed by atoms with Gasteiger partial charge in [-0.25, -0.2) is 0 Å². The van der Waals surface area contributed by atoms with Crippen LogP contribution in [0, 0.1) is 0 Å². The van der Waals surface area contributed by atoms with Crippen molar-refractivity contribution in [2.75, 3.05) is 12.3 Å². The van der Waals surface area contributed by atoms with E-state index in [1.54, 1.807) is 0 Å². The van der Waals surface area contributed by atoms with Gasteiger partial charge in [-0.3, -0.25) is 0 Å². The largest absolute Gasteiger partial charge is 0.462 e. The number of anilines is 1. The summed E-state index contributed by atoms with van der Waals surface area (Å²) in [5.74, 6) is 0.969. The minimum atomic E-state index is -0.409. The topological polar surface area (TPSA) is 44.5 Å². The van der Waals surface area contributed by atoms with Gasteiger partial charge in [-0.1, -0.05) is 0 Å². The van der Waals surface area contributed by atoms with Crippen LogP contribution in [-0.2, 0) is 4.74 Å². The first-order chi connectivity index (χ1) is 6.66. The Kier molecular flexibility index (Phi) is 1.40. The van der Waals surface area contributed by atoms with E-state index in [-0.39, 0.29) is 0 Å². The minimum absolute atomic E-state index is 0.409. The molecule has 1 saturated heterocycles. The standard InChI is InChI=1S/C11H13NO2/c1-11-5-7(6-13-11)9-4-8(12)2-3-10(9)14-11/h2-4,7H,5-6,12H2,1H3/t7-,11+/m0/s1. The molecule has 0 aromatic heterocycles. The summed E-state index contributed by atoms with van der Waals surface area (Å²) < 4.78 is 11.4. The lowest BCUT2D eigenvalue weighted by atomic mass is 9.92. The van der Waals surface area contributed by atoms with E-state index in [0.717, 1.165) is 24.5 Å². The molecule has 3 rings (SSSR count). The predicted molar refractivity (Wildman–Crippen MR) is 53.2 cm³/mol. The summed E-state index contributed by atoms with van der Waals surface area (Å²) in [6, 6.07) is 5.80. The molecule has 2 atom stereocenters. The summed E-state index contributed by atoms with van der Waals surface area (Å²) in [4.78, 5) is 0. The zero-order valence-corrected chi connectivity index (χ0v) is 8.12. The van der Waals surface area contributed by atoms with Gasteiger partial charge in [0.15, 0.2) is 0 Å². The summed E-state index contributed by atoms with van der Waals surface area (Å²) in [6.45, 7) is 2.74. The van der Waals surface area contributed by atoms with Gasteiger partial charge in [-0.05, 0) is 18.2 Å². The SMILES string of the molecule is C[C@@]12C[C@@H](CO1)c1cc(N)ccc1O2. The molecule has 1 fully saturated rings. The average molecular weight is 191 g/mol. The highest BCUT2D eigenvalue weighted by Crippen LogP contribution is 2.46. The minimum Gasteiger partial charge on any atom is -0.462 e. The maximum Gasteiger partial charge on any atom is 0.208 e. The van der Waals surface area contributed by atoms with Crippen molar-refractivity contribution in [1.82, 2.24) is 0 Å². The van der Waals surface area contributed by atoms with Crippen molar-refractivity contribution < 1.29 is 9.47 Å². The van der Waals surface area contributed by atoms with E-state index in [1.807, 2.05) is 25.1 Å². The molecule has 1 aromatic carbocycles. The number of hydrogen-bond donors (Lipinski definition) is 1. The van der Waals surface area contributed by atoms with Crippen LogP contribution in [0.1, 0.15) is 24.8 Å².